The lowest BCUT2D eigenvalue weighted by atomic mass is 10.2. The molecular weight excluding hydrogens is 359 g/mol. The lowest BCUT2D eigenvalue weighted by molar-refractivity contribution is 0.0948. The van der Waals surface area contributed by atoms with E-state index in [1.165, 1.54) is 10.7 Å². The van der Waals surface area contributed by atoms with Gasteiger partial charge in [-0.3, -0.25) is 9.48 Å². The highest BCUT2D eigenvalue weighted by Crippen LogP contribution is 2.19. The van der Waals surface area contributed by atoms with Crippen molar-refractivity contribution in [3.05, 3.63) is 39.1 Å². The highest BCUT2D eigenvalue weighted by atomic mass is 127. The van der Waals surface area contributed by atoms with Crippen LogP contribution >= 0.6 is 22.6 Å². The number of nitrogens with one attached hydrogen (secondary N) is 1. The smallest absolute Gasteiger partial charge is 0.255 e. The summed E-state index contributed by atoms with van der Waals surface area (Å²) >= 11 is 2.08. The molecule has 0 spiro atoms. The summed E-state index contributed by atoms with van der Waals surface area (Å²) in [6.45, 7) is 0.267. The molecule has 0 aliphatic carbocycles. The number of rotatable bonds is 3. The van der Waals surface area contributed by atoms with E-state index < -0.39 is 0 Å². The summed E-state index contributed by atoms with van der Waals surface area (Å²) in [6, 6.07) is 4.85. The van der Waals surface area contributed by atoms with E-state index in [0.717, 1.165) is 9.13 Å². The van der Waals surface area contributed by atoms with Crippen molar-refractivity contribution in [3.8, 4) is 5.75 Å². The number of aryl methyl sites for hydroxylation is 1. The van der Waals surface area contributed by atoms with E-state index in [9.17, 15) is 9.90 Å². The molecule has 0 aliphatic heterocycles. The van der Waals surface area contributed by atoms with Gasteiger partial charge in [0.15, 0.2) is 0 Å². The number of phenols is 1. The minimum Gasteiger partial charge on any atom is -0.507 e. The van der Waals surface area contributed by atoms with E-state index >= 15 is 0 Å². The Morgan fingerprint density at radius 1 is 1.58 bits per heavy atom. The van der Waals surface area contributed by atoms with Crippen LogP contribution in [-0.4, -0.2) is 20.8 Å². The maximum atomic E-state index is 12.0. The number of phenolic OH excluding ortho intramolecular Hbond substituents is 1. The first kappa shape index (κ1) is 13.7. The van der Waals surface area contributed by atoms with Crippen molar-refractivity contribution in [2.45, 2.75) is 6.54 Å². The van der Waals surface area contributed by atoms with Gasteiger partial charge in [-0.1, -0.05) is 0 Å². The van der Waals surface area contributed by atoms with Gasteiger partial charge in [-0.15, -0.1) is 0 Å². The van der Waals surface area contributed by atoms with Crippen LogP contribution in [0.2, 0.25) is 0 Å². The number of benzene rings is 1. The van der Waals surface area contributed by atoms with Crippen LogP contribution < -0.4 is 11.1 Å². The summed E-state index contributed by atoms with van der Waals surface area (Å²) in [5.74, 6) is 0.114. The number of nitrogens with zero attached hydrogens (tertiary/aromatic N) is 2. The highest BCUT2D eigenvalue weighted by molar-refractivity contribution is 14.1. The van der Waals surface area contributed by atoms with Gasteiger partial charge in [0.25, 0.3) is 5.91 Å². The van der Waals surface area contributed by atoms with Gasteiger partial charge in [-0.25, -0.2) is 0 Å². The van der Waals surface area contributed by atoms with Gasteiger partial charge in [0.1, 0.15) is 11.6 Å². The number of hydrogen-bond acceptors (Lipinski definition) is 4. The van der Waals surface area contributed by atoms with E-state index in [4.69, 9.17) is 5.73 Å². The van der Waals surface area contributed by atoms with Crippen molar-refractivity contribution in [2.24, 2.45) is 7.05 Å². The Morgan fingerprint density at radius 2 is 2.32 bits per heavy atom. The second-order valence-electron chi connectivity index (χ2n) is 4.02. The van der Waals surface area contributed by atoms with Crippen molar-refractivity contribution in [1.29, 1.82) is 0 Å². The molecule has 0 aliphatic rings. The molecular formula is C12H13IN4O2. The molecule has 0 unspecified atom stereocenters. The van der Waals surface area contributed by atoms with Crippen molar-refractivity contribution < 1.29 is 9.90 Å². The second-order valence-corrected chi connectivity index (χ2v) is 5.27. The molecule has 1 aromatic carbocycles. The normalized spacial score (nSPS) is 10.4. The zero-order valence-electron chi connectivity index (χ0n) is 10.2. The van der Waals surface area contributed by atoms with Gasteiger partial charge in [0.2, 0.25) is 0 Å². The molecule has 1 amide bonds. The van der Waals surface area contributed by atoms with E-state index in [0.29, 0.717) is 5.82 Å². The van der Waals surface area contributed by atoms with E-state index in [2.05, 4.69) is 33.0 Å². The molecule has 7 heteroatoms. The van der Waals surface area contributed by atoms with E-state index in [-0.39, 0.29) is 23.8 Å². The van der Waals surface area contributed by atoms with Gasteiger partial charge >= 0.3 is 0 Å². The molecule has 19 heavy (non-hydrogen) atoms. The minimum absolute atomic E-state index is 0.0444. The monoisotopic (exact) mass is 372 g/mol. The van der Waals surface area contributed by atoms with Crippen LogP contribution in [-0.2, 0) is 13.6 Å². The van der Waals surface area contributed by atoms with Crippen molar-refractivity contribution >= 4 is 34.3 Å². The first-order valence-electron chi connectivity index (χ1n) is 5.52. The molecule has 0 fully saturated rings. The maximum Gasteiger partial charge on any atom is 0.255 e. The number of aromatic hydroxyl groups is 1. The Labute approximate surface area is 123 Å². The van der Waals surface area contributed by atoms with Crippen LogP contribution in [0.3, 0.4) is 0 Å². The average molecular weight is 372 g/mol. The van der Waals surface area contributed by atoms with E-state index in [1.54, 1.807) is 25.4 Å². The average Bonchev–Trinajstić information content (AvgIpc) is 2.70. The van der Waals surface area contributed by atoms with Gasteiger partial charge in [-0.05, 0) is 40.8 Å². The molecule has 2 aromatic rings. The quantitative estimate of drug-likeness (QED) is 0.707. The Morgan fingerprint density at radius 3 is 2.95 bits per heavy atom. The lowest BCUT2D eigenvalue weighted by Crippen LogP contribution is -2.23. The molecule has 0 radical (unpaired) electrons. The first-order valence-corrected chi connectivity index (χ1v) is 6.60. The summed E-state index contributed by atoms with van der Waals surface area (Å²) in [5.41, 5.74) is 6.76. The molecule has 0 saturated heterocycles. The molecule has 0 atom stereocenters. The number of nitrogens with two attached hydrogens (primary N) is 1. The van der Waals surface area contributed by atoms with E-state index in [1.807, 2.05) is 0 Å². The fraction of sp³-hybridized carbons (Fsp3) is 0.167. The third-order valence-corrected chi connectivity index (χ3v) is 3.38. The summed E-state index contributed by atoms with van der Waals surface area (Å²) < 4.78 is 2.41. The van der Waals surface area contributed by atoms with Crippen LogP contribution in [0, 0.1) is 3.57 Å². The molecule has 0 bridgehead atoms. The van der Waals surface area contributed by atoms with Crippen molar-refractivity contribution in [2.75, 3.05) is 5.73 Å². The number of anilines is 1. The topological polar surface area (TPSA) is 93.2 Å². The Kier molecular flexibility index (Phi) is 3.93. The maximum absolute atomic E-state index is 12.0. The molecule has 2 rings (SSSR count). The molecule has 4 N–H and O–H groups in total. The third kappa shape index (κ3) is 2.98. The number of amides is 1. The van der Waals surface area contributed by atoms with Gasteiger partial charge in [0.05, 0.1) is 11.8 Å². The van der Waals surface area contributed by atoms with Crippen molar-refractivity contribution in [1.82, 2.24) is 15.1 Å². The molecule has 100 valence electrons. The summed E-state index contributed by atoms with van der Waals surface area (Å²) in [7, 11) is 1.73. The van der Waals surface area contributed by atoms with Crippen molar-refractivity contribution in [3.63, 3.8) is 0 Å². The predicted octanol–water partition coefficient (Wildman–Crippen LogP) is 1.24. The first-order chi connectivity index (χ1) is 8.99. The number of nitrogen functional groups attached to an aromatic ring is 1. The zero-order valence-corrected chi connectivity index (χ0v) is 12.4. The highest BCUT2D eigenvalue weighted by Gasteiger charge is 2.12. The minimum atomic E-state index is -0.348. The van der Waals surface area contributed by atoms with Crippen LogP contribution in [0.5, 0.6) is 5.75 Å². The van der Waals surface area contributed by atoms with Gasteiger partial charge in [0, 0.05) is 22.7 Å². The number of halogens is 1. The SMILES string of the molecule is Cn1ncc(CNC(=O)c2cc(I)ccc2O)c1N. The molecule has 1 aromatic heterocycles. The molecule has 1 heterocycles. The number of hydrogen-bond donors (Lipinski definition) is 3. The molecule has 0 saturated carbocycles. The summed E-state index contributed by atoms with van der Waals surface area (Å²) in [5, 5.41) is 16.3. The fourth-order valence-corrected chi connectivity index (χ4v) is 2.08. The standard InChI is InChI=1S/C12H13IN4O2/c1-17-11(14)7(6-16-17)5-15-12(19)9-4-8(13)2-3-10(9)18/h2-4,6,18H,5,14H2,1H3,(H,15,19). The zero-order chi connectivity index (χ0) is 14.0. The Hall–Kier alpha value is -1.77. The Bertz CT molecular complexity index is 624. The fourth-order valence-electron chi connectivity index (χ4n) is 1.59. The predicted molar refractivity (Wildman–Crippen MR) is 79.6 cm³/mol. The lowest BCUT2D eigenvalue weighted by Gasteiger charge is -2.07. The second kappa shape index (κ2) is 5.47. The number of carbonyl (C=O) groups excluding carboxylic acids is 1. The van der Waals surface area contributed by atoms with Crippen LogP contribution in [0.15, 0.2) is 24.4 Å². The van der Waals surface area contributed by atoms with Gasteiger partial charge < -0.3 is 16.2 Å². The van der Waals surface area contributed by atoms with Crippen LogP contribution in [0.1, 0.15) is 15.9 Å². The summed E-state index contributed by atoms with van der Waals surface area (Å²) in [6.07, 6.45) is 1.60. The van der Waals surface area contributed by atoms with Crippen LogP contribution in [0.4, 0.5) is 5.82 Å². The van der Waals surface area contributed by atoms with Crippen LogP contribution in [0.25, 0.3) is 0 Å². The number of aromatic nitrogens is 2. The Balaban J connectivity index is 2.09. The molecule has 6 nitrogen and oxygen atoms in total. The third-order valence-electron chi connectivity index (χ3n) is 2.71. The van der Waals surface area contributed by atoms with Gasteiger partial charge in [-0.2, -0.15) is 5.10 Å². The number of carbonyl (C=O) groups is 1. The summed E-state index contributed by atoms with van der Waals surface area (Å²) in [4.78, 5) is 12.0. The largest absolute Gasteiger partial charge is 0.507 e.